The molecule has 1 saturated heterocycles. The van der Waals surface area contributed by atoms with Crippen molar-refractivity contribution in [1.82, 2.24) is 20.9 Å². The van der Waals surface area contributed by atoms with Crippen molar-refractivity contribution < 1.29 is 19.3 Å². The summed E-state index contributed by atoms with van der Waals surface area (Å²) in [6, 6.07) is 16.3. The largest absolute Gasteiger partial charge is 0.496 e. The van der Waals surface area contributed by atoms with Gasteiger partial charge in [0.15, 0.2) is 0 Å². The second-order valence-corrected chi connectivity index (χ2v) is 11.0. The van der Waals surface area contributed by atoms with Crippen molar-refractivity contribution in [2.75, 3.05) is 33.4 Å². The fourth-order valence-electron chi connectivity index (χ4n) is 5.38. The molecule has 0 radical (unpaired) electrons. The number of hydrogen-bond donors (Lipinski definition) is 3. The lowest BCUT2D eigenvalue weighted by atomic mass is 9.93. The van der Waals surface area contributed by atoms with Crippen LogP contribution in [-0.2, 0) is 13.2 Å². The number of halogens is 1. The SMILES string of the molecule is COc1cc(OCc2cccc(-c3cccc(OCCCN4C=CNN4)c3C)c2C)c(Cl)cc1CN1CC[C@@H](O)C1. The number of hydrazine groups is 2. The number of nitrogens with one attached hydrogen (secondary N) is 2. The molecule has 9 heteroatoms. The maximum Gasteiger partial charge on any atom is 0.142 e. The highest BCUT2D eigenvalue weighted by atomic mass is 35.5. The molecule has 1 atom stereocenters. The topological polar surface area (TPSA) is 78.5 Å². The van der Waals surface area contributed by atoms with E-state index in [-0.39, 0.29) is 6.10 Å². The Morgan fingerprint density at radius 2 is 1.78 bits per heavy atom. The van der Waals surface area contributed by atoms with E-state index in [0.29, 0.717) is 37.1 Å². The summed E-state index contributed by atoms with van der Waals surface area (Å²) < 4.78 is 18.1. The van der Waals surface area contributed by atoms with E-state index in [1.165, 1.54) is 0 Å². The summed E-state index contributed by atoms with van der Waals surface area (Å²) >= 11 is 6.66. The van der Waals surface area contributed by atoms with Crippen LogP contribution >= 0.6 is 11.6 Å². The minimum atomic E-state index is -0.268. The van der Waals surface area contributed by atoms with Gasteiger partial charge in [0.2, 0.25) is 0 Å². The summed E-state index contributed by atoms with van der Waals surface area (Å²) in [5.41, 5.74) is 12.6. The predicted molar refractivity (Wildman–Crippen MR) is 162 cm³/mol. The first-order valence-electron chi connectivity index (χ1n) is 14.1. The van der Waals surface area contributed by atoms with Crippen molar-refractivity contribution in [2.24, 2.45) is 0 Å². The number of likely N-dealkylation sites (tertiary alicyclic amines) is 1. The van der Waals surface area contributed by atoms with Crippen LogP contribution in [0.5, 0.6) is 17.2 Å². The highest BCUT2D eigenvalue weighted by Gasteiger charge is 2.22. The maximum atomic E-state index is 9.87. The van der Waals surface area contributed by atoms with Gasteiger partial charge in [0.25, 0.3) is 0 Å². The number of nitrogens with zero attached hydrogens (tertiary/aromatic N) is 2. The van der Waals surface area contributed by atoms with Crippen molar-refractivity contribution in [1.29, 1.82) is 0 Å². The quantitative estimate of drug-likeness (QED) is 0.249. The van der Waals surface area contributed by atoms with Crippen molar-refractivity contribution in [3.8, 4) is 28.4 Å². The average molecular weight is 579 g/mol. The van der Waals surface area contributed by atoms with Crippen molar-refractivity contribution in [3.05, 3.63) is 88.2 Å². The van der Waals surface area contributed by atoms with Crippen molar-refractivity contribution >= 4 is 11.6 Å². The lowest BCUT2D eigenvalue weighted by Crippen LogP contribution is -2.36. The molecule has 2 aliphatic heterocycles. The monoisotopic (exact) mass is 578 g/mol. The van der Waals surface area contributed by atoms with Gasteiger partial charge < -0.3 is 24.7 Å². The number of ether oxygens (including phenoxy) is 3. The zero-order valence-corrected chi connectivity index (χ0v) is 24.7. The number of aliphatic hydroxyl groups excluding tert-OH is 1. The summed E-state index contributed by atoms with van der Waals surface area (Å²) in [5.74, 6) is 2.21. The molecule has 0 aromatic heterocycles. The lowest BCUT2D eigenvalue weighted by Gasteiger charge is -2.19. The smallest absolute Gasteiger partial charge is 0.142 e. The van der Waals surface area contributed by atoms with Crippen LogP contribution in [0.15, 0.2) is 60.9 Å². The molecule has 41 heavy (non-hydrogen) atoms. The van der Waals surface area contributed by atoms with E-state index < -0.39 is 0 Å². The van der Waals surface area contributed by atoms with E-state index in [2.05, 4.69) is 54.0 Å². The predicted octanol–water partition coefficient (Wildman–Crippen LogP) is 5.34. The Morgan fingerprint density at radius 1 is 0.976 bits per heavy atom. The van der Waals surface area contributed by atoms with Gasteiger partial charge in [-0.1, -0.05) is 41.9 Å². The Bertz CT molecular complexity index is 1380. The lowest BCUT2D eigenvalue weighted by molar-refractivity contribution is 0.174. The summed E-state index contributed by atoms with van der Waals surface area (Å²) in [6.45, 7) is 8.29. The summed E-state index contributed by atoms with van der Waals surface area (Å²) in [5, 5.41) is 12.4. The van der Waals surface area contributed by atoms with Crippen LogP contribution in [0.2, 0.25) is 5.02 Å². The summed E-state index contributed by atoms with van der Waals surface area (Å²) in [6.07, 6.45) is 5.24. The number of rotatable bonds is 12. The number of aliphatic hydroxyl groups is 1. The zero-order chi connectivity index (χ0) is 28.8. The fourth-order valence-corrected chi connectivity index (χ4v) is 5.62. The highest BCUT2D eigenvalue weighted by Crippen LogP contribution is 2.36. The number of methoxy groups -OCH3 is 1. The highest BCUT2D eigenvalue weighted by molar-refractivity contribution is 6.32. The van der Waals surface area contributed by atoms with Crippen LogP contribution < -0.4 is 25.2 Å². The third-order valence-electron chi connectivity index (χ3n) is 7.73. The van der Waals surface area contributed by atoms with E-state index in [0.717, 1.165) is 70.8 Å². The van der Waals surface area contributed by atoms with E-state index in [1.807, 2.05) is 41.7 Å². The average Bonchev–Trinajstić information content (AvgIpc) is 3.64. The molecule has 0 saturated carbocycles. The van der Waals surface area contributed by atoms with Crippen molar-refractivity contribution in [3.63, 3.8) is 0 Å². The number of hydrogen-bond acceptors (Lipinski definition) is 8. The fraction of sp³-hybridized carbons (Fsp3) is 0.375. The van der Waals surface area contributed by atoms with Gasteiger partial charge in [-0.15, -0.1) is 5.53 Å². The van der Waals surface area contributed by atoms with Crippen LogP contribution in [0.1, 0.15) is 35.1 Å². The first kappa shape index (κ1) is 29.1. The molecule has 3 N–H and O–H groups in total. The Balaban J connectivity index is 1.26. The van der Waals surface area contributed by atoms with E-state index in [9.17, 15) is 5.11 Å². The zero-order valence-electron chi connectivity index (χ0n) is 24.0. The van der Waals surface area contributed by atoms with E-state index in [4.69, 9.17) is 25.8 Å². The molecule has 218 valence electrons. The van der Waals surface area contributed by atoms with Gasteiger partial charge in [0.05, 0.1) is 24.8 Å². The van der Waals surface area contributed by atoms with Crippen LogP contribution in [0.3, 0.4) is 0 Å². The van der Waals surface area contributed by atoms with Gasteiger partial charge in [0, 0.05) is 56.6 Å². The van der Waals surface area contributed by atoms with Gasteiger partial charge in [0.1, 0.15) is 23.9 Å². The van der Waals surface area contributed by atoms with Crippen molar-refractivity contribution in [2.45, 2.75) is 45.9 Å². The standard InChI is InChI=1S/C32H39ClN4O4/c1-22-24(21-41-32-18-31(39-3)25(17-29(32)33)19-36-14-11-26(38)20-36)7-4-8-27(22)28-9-5-10-30(23(28)2)40-16-6-13-37-15-12-34-35-37/h4-5,7-10,12,15,17-18,26,34-35,38H,6,11,13-14,16,19-21H2,1-3H3/t26-/m1/s1. The Kier molecular flexibility index (Phi) is 9.57. The minimum Gasteiger partial charge on any atom is -0.496 e. The Labute approximate surface area is 247 Å². The minimum absolute atomic E-state index is 0.268. The normalized spacial score (nSPS) is 16.7. The second-order valence-electron chi connectivity index (χ2n) is 10.5. The third-order valence-corrected chi connectivity index (χ3v) is 8.02. The summed E-state index contributed by atoms with van der Waals surface area (Å²) in [7, 11) is 1.66. The van der Waals surface area contributed by atoms with Crippen LogP contribution in [0.25, 0.3) is 11.1 Å². The molecule has 5 rings (SSSR count). The summed E-state index contributed by atoms with van der Waals surface area (Å²) in [4.78, 5) is 2.21. The molecule has 0 bridgehead atoms. The van der Waals surface area contributed by atoms with Gasteiger partial charge in [-0.2, -0.15) is 0 Å². The molecule has 0 spiro atoms. The molecule has 3 aromatic rings. The first-order chi connectivity index (χ1) is 19.9. The molecule has 0 unspecified atom stereocenters. The molecule has 0 amide bonds. The molecule has 2 heterocycles. The van der Waals surface area contributed by atoms with Crippen LogP contribution in [0.4, 0.5) is 0 Å². The number of β-amino-alcohol motifs (C(OH)–C–C–N with tert-alkyl or cyclic N) is 1. The Hall–Kier alpha value is -3.43. The third kappa shape index (κ3) is 7.08. The van der Waals surface area contributed by atoms with Gasteiger partial charge in [-0.05, 0) is 60.2 Å². The van der Waals surface area contributed by atoms with Crippen LogP contribution in [-0.4, -0.2) is 54.5 Å². The van der Waals surface area contributed by atoms with E-state index in [1.54, 1.807) is 7.11 Å². The first-order valence-corrected chi connectivity index (χ1v) is 14.5. The Morgan fingerprint density at radius 3 is 2.51 bits per heavy atom. The van der Waals surface area contributed by atoms with E-state index >= 15 is 0 Å². The number of benzene rings is 3. The molecular formula is C32H39ClN4O4. The molecule has 2 aliphatic rings. The molecule has 3 aromatic carbocycles. The van der Waals surface area contributed by atoms with Gasteiger partial charge >= 0.3 is 0 Å². The van der Waals surface area contributed by atoms with Crippen LogP contribution in [0, 0.1) is 13.8 Å². The molecule has 1 fully saturated rings. The molecule has 8 nitrogen and oxygen atoms in total. The van der Waals surface area contributed by atoms with Gasteiger partial charge in [-0.3, -0.25) is 9.91 Å². The molecular weight excluding hydrogens is 540 g/mol. The molecule has 0 aliphatic carbocycles. The van der Waals surface area contributed by atoms with Gasteiger partial charge in [-0.25, -0.2) is 0 Å². The second kappa shape index (κ2) is 13.5. The maximum absolute atomic E-state index is 9.87.